The van der Waals surface area contributed by atoms with Gasteiger partial charge in [0.1, 0.15) is 11.4 Å². The highest BCUT2D eigenvalue weighted by molar-refractivity contribution is 6.01. The smallest absolute Gasteiger partial charge is 0.384 e. The fourth-order valence-electron chi connectivity index (χ4n) is 2.96. The summed E-state index contributed by atoms with van der Waals surface area (Å²) in [7, 11) is 1.37. The van der Waals surface area contributed by atoms with Gasteiger partial charge in [-0.2, -0.15) is 13.2 Å². The first-order valence-corrected chi connectivity index (χ1v) is 9.26. The van der Waals surface area contributed by atoms with Crippen molar-refractivity contribution >= 4 is 23.2 Å². The van der Waals surface area contributed by atoms with Crippen LogP contribution in [0.4, 0.5) is 24.7 Å². The minimum Gasteiger partial charge on any atom is -0.384 e. The van der Waals surface area contributed by atoms with Crippen LogP contribution in [0, 0.1) is 0 Å². The lowest BCUT2D eigenvalue weighted by Gasteiger charge is -2.18. The fraction of sp³-hybridized carbons (Fsp3) is 0.368. The van der Waals surface area contributed by atoms with Crippen LogP contribution in [0.1, 0.15) is 29.3 Å². The second-order valence-electron chi connectivity index (χ2n) is 6.86. The molecule has 31 heavy (non-hydrogen) atoms. The van der Waals surface area contributed by atoms with Crippen LogP contribution in [0.3, 0.4) is 0 Å². The Morgan fingerprint density at radius 1 is 1.19 bits per heavy atom. The van der Waals surface area contributed by atoms with Crippen LogP contribution < -0.4 is 22.3 Å². The third-order valence-corrected chi connectivity index (χ3v) is 4.30. The lowest BCUT2D eigenvalue weighted by Crippen LogP contribution is -2.40. The number of nitrogens with zero attached hydrogens (tertiary/aromatic N) is 2. The number of likely N-dealkylation sites (N-methyl/N-ethyl adjacent to an activating group) is 1. The molecule has 9 nitrogen and oxygen atoms in total. The predicted molar refractivity (Wildman–Crippen MR) is 108 cm³/mol. The summed E-state index contributed by atoms with van der Waals surface area (Å²) in [5, 5.41) is 2.17. The molecule has 2 aromatic rings. The molecule has 168 valence electrons. The van der Waals surface area contributed by atoms with Crippen LogP contribution in [0.15, 0.2) is 33.9 Å². The quantitative estimate of drug-likeness (QED) is 0.530. The summed E-state index contributed by atoms with van der Waals surface area (Å²) in [6, 6.07) is 4.49. The minimum absolute atomic E-state index is 0.193. The molecule has 1 heterocycles. The van der Waals surface area contributed by atoms with E-state index in [9.17, 15) is 32.3 Å². The van der Waals surface area contributed by atoms with Crippen molar-refractivity contribution in [1.29, 1.82) is 0 Å². The molecule has 0 radical (unpaired) electrons. The molecule has 0 aliphatic carbocycles. The van der Waals surface area contributed by atoms with Crippen molar-refractivity contribution in [2.45, 2.75) is 26.1 Å². The largest absolute Gasteiger partial charge is 0.418 e. The highest BCUT2D eigenvalue weighted by Crippen LogP contribution is 2.34. The molecule has 0 spiro atoms. The number of para-hydroxylation sites is 1. The molecule has 4 N–H and O–H groups in total. The zero-order valence-corrected chi connectivity index (χ0v) is 16.9. The fourth-order valence-corrected chi connectivity index (χ4v) is 2.96. The number of halogens is 3. The number of Topliss-reactive ketones (excluding diaryl/α,β-unsaturated/α-hetero) is 1. The summed E-state index contributed by atoms with van der Waals surface area (Å²) < 4.78 is 40.2. The Labute approximate surface area is 174 Å². The van der Waals surface area contributed by atoms with Gasteiger partial charge in [-0.1, -0.05) is 19.1 Å². The van der Waals surface area contributed by atoms with E-state index in [1.54, 1.807) is 6.92 Å². The Kier molecular flexibility index (Phi) is 7.39. The maximum absolute atomic E-state index is 13.0. The van der Waals surface area contributed by atoms with Gasteiger partial charge in [0.05, 0.1) is 24.3 Å². The van der Waals surface area contributed by atoms with Crippen molar-refractivity contribution in [2.75, 3.05) is 31.2 Å². The van der Waals surface area contributed by atoms with Crippen molar-refractivity contribution in [1.82, 2.24) is 14.5 Å². The van der Waals surface area contributed by atoms with E-state index < -0.39 is 59.0 Å². The first kappa shape index (κ1) is 23.9. The third kappa shape index (κ3) is 5.81. The molecule has 0 saturated heterocycles. The second kappa shape index (κ2) is 9.60. The van der Waals surface area contributed by atoms with Crippen LogP contribution in [-0.2, 0) is 17.5 Å². The molecule has 1 aromatic heterocycles. The lowest BCUT2D eigenvalue weighted by atomic mass is 10.1. The molecule has 0 atom stereocenters. The van der Waals surface area contributed by atoms with Crippen LogP contribution in [-0.4, -0.2) is 46.3 Å². The highest BCUT2D eigenvalue weighted by Gasteiger charge is 2.33. The minimum atomic E-state index is -4.65. The molecule has 2 rings (SSSR count). The number of carbonyl (C=O) groups is 2. The van der Waals surface area contributed by atoms with Gasteiger partial charge in [-0.05, 0) is 25.6 Å². The second-order valence-corrected chi connectivity index (χ2v) is 6.86. The number of H-pyrrole nitrogens is 1. The third-order valence-electron chi connectivity index (χ3n) is 4.30. The molecule has 1 amide bonds. The number of amides is 1. The molecule has 12 heteroatoms. The summed E-state index contributed by atoms with van der Waals surface area (Å²) >= 11 is 0. The number of ketones is 1. The number of anilines is 2. The number of aromatic amines is 1. The normalized spacial score (nSPS) is 11.5. The van der Waals surface area contributed by atoms with Crippen molar-refractivity contribution in [3.8, 4) is 0 Å². The summed E-state index contributed by atoms with van der Waals surface area (Å²) in [5.41, 5.74) is 2.32. The number of carbonyl (C=O) groups excluding carboxylic acids is 2. The van der Waals surface area contributed by atoms with Crippen LogP contribution in [0.2, 0.25) is 0 Å². The molecular weight excluding hydrogens is 419 g/mol. The van der Waals surface area contributed by atoms with E-state index in [0.29, 0.717) is 6.42 Å². The number of benzene rings is 1. The molecule has 0 fully saturated rings. The molecule has 0 aliphatic heterocycles. The monoisotopic (exact) mass is 441 g/mol. The predicted octanol–water partition coefficient (Wildman–Crippen LogP) is 1.30. The van der Waals surface area contributed by atoms with Gasteiger partial charge in [0.15, 0.2) is 5.78 Å². The van der Waals surface area contributed by atoms with Crippen molar-refractivity contribution < 1.29 is 22.8 Å². The number of hydrogen-bond acceptors (Lipinski definition) is 6. The van der Waals surface area contributed by atoms with Gasteiger partial charge < -0.3 is 11.1 Å². The summed E-state index contributed by atoms with van der Waals surface area (Å²) in [5.74, 6) is -1.81. The number of aromatic nitrogens is 2. The van der Waals surface area contributed by atoms with Crippen molar-refractivity contribution in [3.05, 3.63) is 56.2 Å². The maximum Gasteiger partial charge on any atom is 0.418 e. The Hall–Kier alpha value is -3.41. The van der Waals surface area contributed by atoms with E-state index in [0.717, 1.165) is 16.7 Å². The summed E-state index contributed by atoms with van der Waals surface area (Å²) in [6.45, 7) is 1.12. The van der Waals surface area contributed by atoms with Gasteiger partial charge in [0.25, 0.3) is 5.56 Å². The molecule has 0 unspecified atom stereocenters. The molecule has 0 bridgehead atoms. The van der Waals surface area contributed by atoms with Crippen LogP contribution in [0.25, 0.3) is 0 Å². The first-order valence-electron chi connectivity index (χ1n) is 9.26. The lowest BCUT2D eigenvalue weighted by molar-refractivity contribution is -0.137. The first-order chi connectivity index (χ1) is 14.5. The van der Waals surface area contributed by atoms with Gasteiger partial charge in [-0.15, -0.1) is 0 Å². The van der Waals surface area contributed by atoms with Gasteiger partial charge in [0, 0.05) is 6.54 Å². The van der Waals surface area contributed by atoms with E-state index in [1.807, 2.05) is 4.98 Å². The molecule has 1 aromatic carbocycles. The number of nitrogen functional groups attached to an aromatic ring is 1. The highest BCUT2D eigenvalue weighted by atomic mass is 19.4. The number of nitrogens with one attached hydrogen (secondary N) is 2. The number of alkyl halides is 3. The van der Waals surface area contributed by atoms with Gasteiger partial charge in [-0.3, -0.25) is 28.8 Å². The Morgan fingerprint density at radius 2 is 1.84 bits per heavy atom. The molecule has 0 saturated carbocycles. The van der Waals surface area contributed by atoms with E-state index in [-0.39, 0.29) is 12.4 Å². The Balaban J connectivity index is 2.12. The SMILES string of the molecule is CCCn1c(N)c(C(=O)CN(C)CC(=O)Nc2ccccc2C(F)(F)F)c(=O)[nH]c1=O. The van der Waals surface area contributed by atoms with E-state index in [2.05, 4.69) is 5.32 Å². The zero-order valence-electron chi connectivity index (χ0n) is 16.9. The van der Waals surface area contributed by atoms with E-state index in [1.165, 1.54) is 24.1 Å². The number of hydrogen-bond donors (Lipinski definition) is 3. The molecular formula is C19H22F3N5O4. The summed E-state index contributed by atoms with van der Waals surface area (Å²) in [6.07, 6.45) is -4.12. The zero-order chi connectivity index (χ0) is 23.3. The van der Waals surface area contributed by atoms with Gasteiger partial charge in [-0.25, -0.2) is 4.79 Å². The van der Waals surface area contributed by atoms with E-state index in [4.69, 9.17) is 5.73 Å². The number of rotatable bonds is 8. The van der Waals surface area contributed by atoms with Crippen LogP contribution in [0.5, 0.6) is 0 Å². The van der Waals surface area contributed by atoms with E-state index >= 15 is 0 Å². The van der Waals surface area contributed by atoms with Crippen molar-refractivity contribution in [2.24, 2.45) is 0 Å². The van der Waals surface area contributed by atoms with Crippen LogP contribution >= 0.6 is 0 Å². The standard InChI is InChI=1S/C19H22F3N5O4/c1-3-8-27-16(23)15(17(30)25-18(27)31)13(28)9-26(2)10-14(29)24-12-7-5-4-6-11(12)19(20,21)22/h4-7H,3,8-10,23H2,1-2H3,(H,24,29)(H,25,30,31). The van der Waals surface area contributed by atoms with Gasteiger partial charge >= 0.3 is 11.9 Å². The topological polar surface area (TPSA) is 130 Å². The Morgan fingerprint density at radius 3 is 2.45 bits per heavy atom. The Bertz CT molecular complexity index is 1090. The maximum atomic E-state index is 13.0. The molecule has 0 aliphatic rings. The summed E-state index contributed by atoms with van der Waals surface area (Å²) in [4.78, 5) is 51.9. The number of nitrogens with two attached hydrogens (primary N) is 1. The average molecular weight is 441 g/mol. The van der Waals surface area contributed by atoms with Crippen molar-refractivity contribution in [3.63, 3.8) is 0 Å². The van der Waals surface area contributed by atoms with Gasteiger partial charge in [0.2, 0.25) is 5.91 Å². The average Bonchev–Trinajstić information content (AvgIpc) is 2.64.